The minimum absolute atomic E-state index is 0.175. The highest BCUT2D eigenvalue weighted by Crippen LogP contribution is 2.28. The van der Waals surface area contributed by atoms with Crippen molar-refractivity contribution in [1.82, 2.24) is 0 Å². The van der Waals surface area contributed by atoms with Gasteiger partial charge >= 0.3 is 7.80 Å². The van der Waals surface area contributed by atoms with Gasteiger partial charge in [0.25, 0.3) is 0 Å². The number of pyridine rings is 2. The normalized spacial score (nSPS) is 10.2. The second-order valence-electron chi connectivity index (χ2n) is 3.83. The van der Waals surface area contributed by atoms with E-state index in [0.29, 0.717) is 20.8 Å². The van der Waals surface area contributed by atoms with E-state index < -0.39 is 7.80 Å². The van der Waals surface area contributed by atoms with Crippen LogP contribution in [0.25, 0.3) is 0 Å². The van der Waals surface area contributed by atoms with Gasteiger partial charge in [-0.05, 0) is 12.1 Å². The van der Waals surface area contributed by atoms with E-state index >= 15 is 0 Å². The van der Waals surface area contributed by atoms with Gasteiger partial charge in [0, 0.05) is 24.3 Å². The molecule has 0 aliphatic rings. The highest BCUT2D eigenvalue weighted by atomic mass is 31.1. The van der Waals surface area contributed by atoms with Gasteiger partial charge in [0.15, 0.2) is 12.4 Å². The Bertz CT molecular complexity index is 525. The van der Waals surface area contributed by atoms with Crippen LogP contribution in [0.1, 0.15) is 11.4 Å². The number of hydrogen-bond acceptors (Lipinski definition) is 3. The lowest BCUT2D eigenvalue weighted by Crippen LogP contribution is -2.31. The number of rotatable bonds is 4. The molecule has 2 aromatic heterocycles. The molecule has 0 unspecified atom stereocenters. The van der Waals surface area contributed by atoms with E-state index in [4.69, 9.17) is 0 Å². The maximum Gasteiger partial charge on any atom is 0.361 e. The van der Waals surface area contributed by atoms with E-state index in [2.05, 4.69) is 0 Å². The molecular formula is C12H12N2O3P+. The van der Waals surface area contributed by atoms with Crippen molar-refractivity contribution in [1.29, 1.82) is 0 Å². The minimum atomic E-state index is -1.66. The Balaban J connectivity index is 2.06. The van der Waals surface area contributed by atoms with E-state index in [1.807, 2.05) is 0 Å². The van der Waals surface area contributed by atoms with Crippen LogP contribution in [-0.4, -0.2) is 0 Å². The highest BCUT2D eigenvalue weighted by Gasteiger charge is 2.25. The maximum atomic E-state index is 11.9. The SMILES string of the molecule is O=[P+](Cc1cccc[n+]1[O-])Cc1cccc[n+]1[O-]. The fourth-order valence-electron chi connectivity index (χ4n) is 1.59. The molecule has 6 heteroatoms. The van der Waals surface area contributed by atoms with Crippen molar-refractivity contribution in [3.8, 4) is 0 Å². The average Bonchev–Trinajstić information content (AvgIpc) is 2.35. The van der Waals surface area contributed by atoms with Gasteiger partial charge in [-0.2, -0.15) is 9.46 Å². The third-order valence-electron chi connectivity index (χ3n) is 2.49. The Morgan fingerprint density at radius 1 is 0.889 bits per heavy atom. The lowest BCUT2D eigenvalue weighted by atomic mass is 10.4. The molecule has 2 aromatic rings. The van der Waals surface area contributed by atoms with Crippen LogP contribution in [0.4, 0.5) is 0 Å². The number of aromatic nitrogens is 2. The van der Waals surface area contributed by atoms with Crippen LogP contribution in [0.15, 0.2) is 48.8 Å². The smallest absolute Gasteiger partial charge is 0.361 e. The van der Waals surface area contributed by atoms with Crippen LogP contribution in [0.5, 0.6) is 0 Å². The lowest BCUT2D eigenvalue weighted by molar-refractivity contribution is -0.613. The van der Waals surface area contributed by atoms with Crippen molar-refractivity contribution in [3.63, 3.8) is 0 Å². The lowest BCUT2D eigenvalue weighted by Gasteiger charge is -1.99. The van der Waals surface area contributed by atoms with Gasteiger partial charge in [-0.1, -0.05) is 4.57 Å². The molecule has 5 nitrogen and oxygen atoms in total. The molecule has 0 saturated carbocycles. The van der Waals surface area contributed by atoms with Crippen LogP contribution in [0.2, 0.25) is 0 Å². The third-order valence-corrected chi connectivity index (χ3v) is 3.84. The maximum absolute atomic E-state index is 11.9. The van der Waals surface area contributed by atoms with E-state index in [9.17, 15) is 15.0 Å². The van der Waals surface area contributed by atoms with E-state index in [1.165, 1.54) is 12.4 Å². The van der Waals surface area contributed by atoms with Crippen LogP contribution >= 0.6 is 7.80 Å². The number of nitrogens with zero attached hydrogens (tertiary/aromatic N) is 2. The first kappa shape index (κ1) is 12.5. The molecule has 18 heavy (non-hydrogen) atoms. The molecule has 0 fully saturated rings. The number of hydrogen-bond donors (Lipinski definition) is 0. The van der Waals surface area contributed by atoms with Crippen molar-refractivity contribution < 1.29 is 14.0 Å². The van der Waals surface area contributed by atoms with Crippen LogP contribution in [0, 0.1) is 10.4 Å². The standard InChI is InChI=1S/C12H12N2O3P/c15-13-7-3-1-5-11(13)9-18(17)10-12-6-2-4-8-14(12)16/h1-8H,9-10H2/q+1. The Labute approximate surface area is 105 Å². The van der Waals surface area contributed by atoms with Gasteiger partial charge in [0.2, 0.25) is 23.7 Å². The summed E-state index contributed by atoms with van der Waals surface area (Å²) in [5.41, 5.74) is 0.902. The molecule has 0 spiro atoms. The first-order valence-electron chi connectivity index (χ1n) is 5.43. The predicted octanol–water partition coefficient (Wildman–Crippen LogP) is 1.48. The van der Waals surface area contributed by atoms with Crippen molar-refractivity contribution in [2.24, 2.45) is 0 Å². The topological polar surface area (TPSA) is 71.0 Å². The van der Waals surface area contributed by atoms with Crippen LogP contribution < -0.4 is 9.46 Å². The zero-order valence-corrected chi connectivity index (χ0v) is 10.5. The predicted molar refractivity (Wildman–Crippen MR) is 65.8 cm³/mol. The van der Waals surface area contributed by atoms with Crippen molar-refractivity contribution >= 4 is 7.80 Å². The van der Waals surface area contributed by atoms with Gasteiger partial charge in [0.1, 0.15) is 0 Å². The largest absolute Gasteiger partial charge is 0.618 e. The summed E-state index contributed by atoms with van der Waals surface area (Å²) >= 11 is 0. The summed E-state index contributed by atoms with van der Waals surface area (Å²) in [4.78, 5) is 0. The van der Waals surface area contributed by atoms with Gasteiger partial charge in [-0.25, -0.2) is 0 Å². The fourth-order valence-corrected chi connectivity index (χ4v) is 2.91. The first-order chi connectivity index (χ1) is 8.66. The molecular weight excluding hydrogens is 251 g/mol. The summed E-state index contributed by atoms with van der Waals surface area (Å²) in [6.45, 7) is 0. The van der Waals surface area contributed by atoms with Gasteiger partial charge in [0.05, 0.1) is 0 Å². The summed E-state index contributed by atoms with van der Waals surface area (Å²) in [6.07, 6.45) is 3.09. The monoisotopic (exact) mass is 263 g/mol. The molecule has 0 radical (unpaired) electrons. The summed E-state index contributed by atoms with van der Waals surface area (Å²) in [7, 11) is -1.66. The molecule has 2 rings (SSSR count). The molecule has 0 aliphatic heterocycles. The molecule has 0 saturated heterocycles. The quantitative estimate of drug-likeness (QED) is 0.476. The van der Waals surface area contributed by atoms with Gasteiger partial charge in [-0.3, -0.25) is 0 Å². The molecule has 0 aromatic carbocycles. The molecule has 92 valence electrons. The van der Waals surface area contributed by atoms with Crippen molar-refractivity contribution in [2.75, 3.05) is 0 Å². The zero-order chi connectivity index (χ0) is 13.0. The molecule has 0 N–H and O–H groups in total. The summed E-state index contributed by atoms with van der Waals surface area (Å²) in [6, 6.07) is 9.96. The van der Waals surface area contributed by atoms with Crippen molar-refractivity contribution in [3.05, 3.63) is 70.6 Å². The van der Waals surface area contributed by atoms with E-state index in [0.717, 1.165) is 0 Å². The van der Waals surface area contributed by atoms with Crippen molar-refractivity contribution in [2.45, 2.75) is 12.3 Å². The third kappa shape index (κ3) is 3.02. The zero-order valence-electron chi connectivity index (χ0n) is 9.60. The molecule has 0 aliphatic carbocycles. The van der Waals surface area contributed by atoms with Crippen LogP contribution in [-0.2, 0) is 16.9 Å². The molecule has 0 atom stereocenters. The van der Waals surface area contributed by atoms with Crippen LogP contribution in [0.3, 0.4) is 0 Å². The van der Waals surface area contributed by atoms with E-state index in [1.54, 1.807) is 36.4 Å². The summed E-state index contributed by atoms with van der Waals surface area (Å²) in [5, 5.41) is 22.8. The minimum Gasteiger partial charge on any atom is -0.618 e. The molecule has 0 bridgehead atoms. The van der Waals surface area contributed by atoms with E-state index in [-0.39, 0.29) is 12.3 Å². The van der Waals surface area contributed by atoms with Gasteiger partial charge < -0.3 is 10.4 Å². The fraction of sp³-hybridized carbons (Fsp3) is 0.167. The van der Waals surface area contributed by atoms with Gasteiger partial charge in [-0.15, -0.1) is 0 Å². The second-order valence-corrected chi connectivity index (χ2v) is 5.43. The second kappa shape index (κ2) is 5.56. The summed E-state index contributed by atoms with van der Waals surface area (Å²) in [5.74, 6) is 0. The Morgan fingerprint density at radius 3 is 1.72 bits per heavy atom. The Hall–Kier alpha value is -2.00. The Morgan fingerprint density at radius 2 is 1.33 bits per heavy atom. The molecule has 0 amide bonds. The first-order valence-corrected chi connectivity index (χ1v) is 7.06. The summed E-state index contributed by atoms with van der Waals surface area (Å²) < 4.78 is 13.3. The highest BCUT2D eigenvalue weighted by molar-refractivity contribution is 7.42. The Kier molecular flexibility index (Phi) is 3.85. The molecule has 2 heterocycles. The average molecular weight is 263 g/mol.